The Morgan fingerprint density at radius 1 is 0.760 bits per heavy atom. The Bertz CT molecular complexity index is 1080. The molecule has 0 aliphatic heterocycles. The maximum atomic E-state index is 13.2. The number of hydrogen-bond donors (Lipinski definition) is 0. The molecule has 0 saturated carbocycles. The van der Waals surface area contributed by atoms with E-state index in [0.717, 1.165) is 33.3 Å². The molecule has 1 aromatic heterocycles. The SMILES string of the molecule is COc1ccc(C(=O)n2c3ccccc3c3cc(OC)ccc32)cc1. The zero-order chi connectivity index (χ0) is 17.4. The predicted octanol–water partition coefficient (Wildman–Crippen LogP) is 4.50. The number of carbonyl (C=O) groups is 1. The topological polar surface area (TPSA) is 40.5 Å². The molecule has 0 amide bonds. The smallest absolute Gasteiger partial charge is 0.262 e. The minimum absolute atomic E-state index is 0.0704. The van der Waals surface area contributed by atoms with Crippen LogP contribution in [0, 0.1) is 0 Å². The summed E-state index contributed by atoms with van der Waals surface area (Å²) < 4.78 is 12.3. The molecular formula is C21H17NO3. The molecule has 4 heteroatoms. The molecular weight excluding hydrogens is 314 g/mol. The fourth-order valence-corrected chi connectivity index (χ4v) is 3.16. The largest absolute Gasteiger partial charge is 0.497 e. The van der Waals surface area contributed by atoms with Crippen LogP contribution in [0.1, 0.15) is 10.4 Å². The van der Waals surface area contributed by atoms with E-state index in [1.807, 2.05) is 42.5 Å². The monoisotopic (exact) mass is 331 g/mol. The summed E-state index contributed by atoms with van der Waals surface area (Å²) in [6.07, 6.45) is 0. The normalized spacial score (nSPS) is 11.0. The summed E-state index contributed by atoms with van der Waals surface area (Å²) in [5, 5.41) is 2.02. The van der Waals surface area contributed by atoms with Crippen molar-refractivity contribution in [3.05, 3.63) is 72.3 Å². The molecule has 124 valence electrons. The summed E-state index contributed by atoms with van der Waals surface area (Å²) in [4.78, 5) is 13.2. The van der Waals surface area contributed by atoms with Crippen LogP contribution in [0.15, 0.2) is 66.7 Å². The van der Waals surface area contributed by atoms with Crippen molar-refractivity contribution in [1.82, 2.24) is 4.57 Å². The van der Waals surface area contributed by atoms with Crippen molar-refractivity contribution in [2.75, 3.05) is 14.2 Å². The van der Waals surface area contributed by atoms with Crippen molar-refractivity contribution in [2.24, 2.45) is 0 Å². The fraction of sp³-hybridized carbons (Fsp3) is 0.0952. The van der Waals surface area contributed by atoms with E-state index < -0.39 is 0 Å². The van der Waals surface area contributed by atoms with E-state index in [0.29, 0.717) is 5.56 Å². The zero-order valence-corrected chi connectivity index (χ0v) is 14.0. The second-order valence-corrected chi connectivity index (χ2v) is 5.77. The Morgan fingerprint density at radius 3 is 2.12 bits per heavy atom. The van der Waals surface area contributed by atoms with Gasteiger partial charge < -0.3 is 9.47 Å². The molecule has 0 aliphatic carbocycles. The highest BCUT2D eigenvalue weighted by molar-refractivity contribution is 6.16. The van der Waals surface area contributed by atoms with Crippen LogP contribution in [-0.4, -0.2) is 24.7 Å². The first-order valence-corrected chi connectivity index (χ1v) is 7.99. The third-order valence-corrected chi connectivity index (χ3v) is 4.42. The van der Waals surface area contributed by atoms with E-state index in [1.165, 1.54) is 0 Å². The van der Waals surface area contributed by atoms with Gasteiger partial charge in [-0.2, -0.15) is 0 Å². The van der Waals surface area contributed by atoms with Gasteiger partial charge in [-0.1, -0.05) is 18.2 Å². The molecule has 0 aliphatic rings. The van der Waals surface area contributed by atoms with Crippen LogP contribution >= 0.6 is 0 Å². The van der Waals surface area contributed by atoms with Gasteiger partial charge >= 0.3 is 0 Å². The van der Waals surface area contributed by atoms with E-state index >= 15 is 0 Å². The number of benzene rings is 3. The molecule has 0 saturated heterocycles. The van der Waals surface area contributed by atoms with Gasteiger partial charge in [-0.25, -0.2) is 0 Å². The van der Waals surface area contributed by atoms with Crippen LogP contribution < -0.4 is 9.47 Å². The van der Waals surface area contributed by atoms with Crippen molar-refractivity contribution in [2.45, 2.75) is 0 Å². The second kappa shape index (κ2) is 5.98. The van der Waals surface area contributed by atoms with E-state index in [9.17, 15) is 4.79 Å². The fourth-order valence-electron chi connectivity index (χ4n) is 3.16. The summed E-state index contributed by atoms with van der Waals surface area (Å²) in [6.45, 7) is 0. The molecule has 4 nitrogen and oxygen atoms in total. The number of aromatic nitrogens is 1. The molecule has 0 unspecified atom stereocenters. The molecule has 0 fully saturated rings. The summed E-state index contributed by atoms with van der Waals surface area (Å²) in [5.41, 5.74) is 2.36. The van der Waals surface area contributed by atoms with Crippen LogP contribution in [-0.2, 0) is 0 Å². The van der Waals surface area contributed by atoms with Crippen molar-refractivity contribution in [1.29, 1.82) is 0 Å². The number of methoxy groups -OCH3 is 2. The molecule has 25 heavy (non-hydrogen) atoms. The number of carbonyl (C=O) groups excluding carboxylic acids is 1. The van der Waals surface area contributed by atoms with E-state index in [4.69, 9.17) is 9.47 Å². The van der Waals surface area contributed by atoms with Gasteiger partial charge in [0.25, 0.3) is 5.91 Å². The molecule has 0 bridgehead atoms. The van der Waals surface area contributed by atoms with Gasteiger partial charge in [-0.15, -0.1) is 0 Å². The molecule has 0 radical (unpaired) electrons. The highest BCUT2D eigenvalue weighted by Gasteiger charge is 2.17. The molecule has 0 spiro atoms. The lowest BCUT2D eigenvalue weighted by Crippen LogP contribution is -2.11. The summed E-state index contributed by atoms with van der Waals surface area (Å²) in [7, 11) is 3.25. The Labute approximate surface area is 145 Å². The number of nitrogens with zero attached hydrogens (tertiary/aromatic N) is 1. The van der Waals surface area contributed by atoms with Gasteiger partial charge in [0.1, 0.15) is 11.5 Å². The van der Waals surface area contributed by atoms with Gasteiger partial charge in [0.05, 0.1) is 25.3 Å². The molecule has 4 rings (SSSR count). The number of ether oxygens (including phenoxy) is 2. The van der Waals surface area contributed by atoms with Crippen LogP contribution in [0.4, 0.5) is 0 Å². The van der Waals surface area contributed by atoms with Crippen molar-refractivity contribution in [3.8, 4) is 11.5 Å². The predicted molar refractivity (Wildman–Crippen MR) is 98.7 cm³/mol. The average Bonchev–Trinajstić information content (AvgIpc) is 3.01. The minimum atomic E-state index is -0.0704. The van der Waals surface area contributed by atoms with Gasteiger partial charge in [0, 0.05) is 16.3 Å². The Hall–Kier alpha value is -3.27. The van der Waals surface area contributed by atoms with Crippen LogP contribution in [0.5, 0.6) is 11.5 Å². The first-order chi connectivity index (χ1) is 12.2. The summed E-state index contributed by atoms with van der Waals surface area (Å²) in [6, 6.07) is 20.8. The molecule has 3 aromatic carbocycles. The lowest BCUT2D eigenvalue weighted by atomic mass is 10.1. The second-order valence-electron chi connectivity index (χ2n) is 5.77. The minimum Gasteiger partial charge on any atom is -0.497 e. The maximum absolute atomic E-state index is 13.2. The molecule has 4 aromatic rings. The lowest BCUT2D eigenvalue weighted by Gasteiger charge is -2.07. The first kappa shape index (κ1) is 15.3. The highest BCUT2D eigenvalue weighted by atomic mass is 16.5. The number of para-hydroxylation sites is 1. The van der Waals surface area contributed by atoms with Crippen molar-refractivity contribution in [3.63, 3.8) is 0 Å². The molecule has 1 heterocycles. The Balaban J connectivity index is 1.96. The molecule has 0 atom stereocenters. The van der Waals surface area contributed by atoms with E-state index in [-0.39, 0.29) is 5.91 Å². The Morgan fingerprint density at radius 2 is 1.40 bits per heavy atom. The summed E-state index contributed by atoms with van der Waals surface area (Å²) >= 11 is 0. The highest BCUT2D eigenvalue weighted by Crippen LogP contribution is 2.32. The van der Waals surface area contributed by atoms with Gasteiger partial charge in [-0.05, 0) is 48.5 Å². The third-order valence-electron chi connectivity index (χ3n) is 4.42. The average molecular weight is 331 g/mol. The maximum Gasteiger partial charge on any atom is 0.262 e. The number of hydrogen-bond acceptors (Lipinski definition) is 3. The first-order valence-electron chi connectivity index (χ1n) is 7.99. The zero-order valence-electron chi connectivity index (χ0n) is 14.0. The van der Waals surface area contributed by atoms with Crippen LogP contribution in [0.25, 0.3) is 21.8 Å². The van der Waals surface area contributed by atoms with E-state index in [2.05, 4.69) is 0 Å². The lowest BCUT2D eigenvalue weighted by molar-refractivity contribution is 0.0969. The Kier molecular flexibility index (Phi) is 3.65. The number of rotatable bonds is 3. The van der Waals surface area contributed by atoms with Crippen LogP contribution in [0.3, 0.4) is 0 Å². The van der Waals surface area contributed by atoms with Crippen molar-refractivity contribution >= 4 is 27.7 Å². The standard InChI is InChI=1S/C21H17NO3/c1-24-15-9-7-14(8-10-15)21(23)22-19-6-4-3-5-17(19)18-13-16(25-2)11-12-20(18)22/h3-13H,1-2H3. The van der Waals surface area contributed by atoms with Crippen LogP contribution in [0.2, 0.25) is 0 Å². The van der Waals surface area contributed by atoms with Gasteiger partial charge in [0.15, 0.2) is 0 Å². The quantitative estimate of drug-likeness (QED) is 0.555. The molecule has 0 N–H and O–H groups in total. The van der Waals surface area contributed by atoms with Gasteiger partial charge in [0.2, 0.25) is 0 Å². The van der Waals surface area contributed by atoms with Crippen molar-refractivity contribution < 1.29 is 14.3 Å². The number of fused-ring (bicyclic) bond motifs is 3. The van der Waals surface area contributed by atoms with E-state index in [1.54, 1.807) is 43.1 Å². The van der Waals surface area contributed by atoms with Gasteiger partial charge in [-0.3, -0.25) is 9.36 Å². The third kappa shape index (κ3) is 2.43. The summed E-state index contributed by atoms with van der Waals surface area (Å²) in [5.74, 6) is 1.43.